The van der Waals surface area contributed by atoms with Crippen LogP contribution in [0.3, 0.4) is 0 Å². The predicted molar refractivity (Wildman–Crippen MR) is 51.7 cm³/mol. The summed E-state index contributed by atoms with van der Waals surface area (Å²) in [5.74, 6) is 4.36. The molecule has 3 nitrogen and oxygen atoms in total. The number of benzene rings is 1. The van der Waals surface area contributed by atoms with Gasteiger partial charge in [-0.1, -0.05) is 11.6 Å². The van der Waals surface area contributed by atoms with Gasteiger partial charge in [-0.2, -0.15) is 0 Å². The van der Waals surface area contributed by atoms with E-state index in [1.54, 1.807) is 13.0 Å². The Bertz CT molecular complexity index is 344. The summed E-state index contributed by atoms with van der Waals surface area (Å²) < 4.78 is 18.4. The van der Waals surface area contributed by atoms with E-state index in [2.05, 4.69) is 4.84 Å². The summed E-state index contributed by atoms with van der Waals surface area (Å²) in [5.41, 5.74) is 1.04. The summed E-state index contributed by atoms with van der Waals surface area (Å²) in [5, 5.41) is 0.269. The van der Waals surface area contributed by atoms with Gasteiger partial charge in [-0.3, -0.25) is 4.84 Å². The van der Waals surface area contributed by atoms with Gasteiger partial charge in [-0.05, 0) is 18.6 Å². The van der Waals surface area contributed by atoms with Crippen LogP contribution in [0.5, 0.6) is 5.75 Å². The highest BCUT2D eigenvalue weighted by atomic mass is 35.5. The summed E-state index contributed by atoms with van der Waals surface area (Å²) in [4.78, 5) is 4.36. The second kappa shape index (κ2) is 4.59. The molecular formula is C9H11ClFNO2. The number of hydrogen-bond acceptors (Lipinski definition) is 3. The molecule has 1 rings (SSSR count). The molecule has 0 unspecified atom stereocenters. The molecule has 1 aromatic carbocycles. The van der Waals surface area contributed by atoms with E-state index in [-0.39, 0.29) is 17.4 Å². The number of nitrogens with two attached hydrogens (primary N) is 1. The molecule has 5 heteroatoms. The Morgan fingerprint density at radius 2 is 2.21 bits per heavy atom. The van der Waals surface area contributed by atoms with Crippen molar-refractivity contribution in [2.24, 2.45) is 5.90 Å². The molecule has 0 atom stereocenters. The van der Waals surface area contributed by atoms with Crippen LogP contribution in [-0.4, -0.2) is 7.11 Å². The van der Waals surface area contributed by atoms with Crippen molar-refractivity contribution in [3.8, 4) is 5.75 Å². The lowest BCUT2D eigenvalue weighted by atomic mass is 10.1. The topological polar surface area (TPSA) is 44.5 Å². The molecular weight excluding hydrogens is 209 g/mol. The lowest BCUT2D eigenvalue weighted by Gasteiger charge is -2.10. The van der Waals surface area contributed by atoms with Crippen molar-refractivity contribution >= 4 is 11.6 Å². The summed E-state index contributed by atoms with van der Waals surface area (Å²) in [6, 6.07) is 1.58. The van der Waals surface area contributed by atoms with Crippen molar-refractivity contribution in [3.63, 3.8) is 0 Å². The van der Waals surface area contributed by atoms with Gasteiger partial charge >= 0.3 is 0 Å². The van der Waals surface area contributed by atoms with Crippen LogP contribution in [0.1, 0.15) is 11.1 Å². The number of methoxy groups -OCH3 is 1. The van der Waals surface area contributed by atoms with Gasteiger partial charge in [0.15, 0.2) is 11.6 Å². The molecule has 78 valence electrons. The maximum atomic E-state index is 13.6. The molecule has 0 aliphatic rings. The van der Waals surface area contributed by atoms with E-state index in [0.29, 0.717) is 5.56 Å². The number of aryl methyl sites for hydroxylation is 1. The first-order chi connectivity index (χ1) is 6.61. The minimum absolute atomic E-state index is 0.0137. The van der Waals surface area contributed by atoms with Gasteiger partial charge in [0.2, 0.25) is 0 Å². The van der Waals surface area contributed by atoms with Gasteiger partial charge in [-0.15, -0.1) is 0 Å². The van der Waals surface area contributed by atoms with E-state index in [1.165, 1.54) is 7.11 Å². The SMILES string of the molecule is COc1c(F)c(CON)cc(C)c1Cl. The molecule has 2 N–H and O–H groups in total. The zero-order chi connectivity index (χ0) is 10.7. The van der Waals surface area contributed by atoms with E-state index in [9.17, 15) is 4.39 Å². The van der Waals surface area contributed by atoms with Crippen molar-refractivity contribution in [1.82, 2.24) is 0 Å². The molecule has 0 amide bonds. The Balaban J connectivity index is 3.27. The normalized spacial score (nSPS) is 10.4. The maximum Gasteiger partial charge on any atom is 0.173 e. The summed E-state index contributed by atoms with van der Waals surface area (Å²) in [7, 11) is 1.36. The fourth-order valence-electron chi connectivity index (χ4n) is 1.18. The minimum Gasteiger partial charge on any atom is -0.492 e. The number of ether oxygens (including phenoxy) is 1. The summed E-state index contributed by atoms with van der Waals surface area (Å²) >= 11 is 5.83. The van der Waals surface area contributed by atoms with E-state index >= 15 is 0 Å². The average molecular weight is 220 g/mol. The summed E-state index contributed by atoms with van der Waals surface area (Å²) in [6.07, 6.45) is 0. The lowest BCUT2D eigenvalue weighted by Crippen LogP contribution is -2.03. The van der Waals surface area contributed by atoms with Gasteiger partial charge in [0.05, 0.1) is 18.7 Å². The standard InChI is InChI=1S/C9H11ClFNO2/c1-5-3-6(4-14-12)8(11)9(13-2)7(5)10/h3H,4,12H2,1-2H3. The van der Waals surface area contributed by atoms with Crippen LogP contribution in [-0.2, 0) is 11.4 Å². The molecule has 0 saturated carbocycles. The fourth-order valence-corrected chi connectivity index (χ4v) is 1.40. The molecule has 0 spiro atoms. The Morgan fingerprint density at radius 1 is 1.57 bits per heavy atom. The molecule has 0 saturated heterocycles. The third-order valence-corrected chi connectivity index (χ3v) is 2.33. The van der Waals surface area contributed by atoms with E-state index in [0.717, 1.165) is 5.56 Å². The lowest BCUT2D eigenvalue weighted by molar-refractivity contribution is 0.121. The highest BCUT2D eigenvalue weighted by Crippen LogP contribution is 2.33. The Kier molecular flexibility index (Phi) is 3.69. The molecule has 0 aromatic heterocycles. The zero-order valence-electron chi connectivity index (χ0n) is 7.93. The second-order valence-electron chi connectivity index (χ2n) is 2.82. The van der Waals surface area contributed by atoms with Gasteiger partial charge in [0, 0.05) is 5.56 Å². The van der Waals surface area contributed by atoms with Gasteiger partial charge in [0.1, 0.15) is 0 Å². The van der Waals surface area contributed by atoms with Crippen LogP contribution in [0.15, 0.2) is 6.07 Å². The van der Waals surface area contributed by atoms with E-state index in [4.69, 9.17) is 22.2 Å². The van der Waals surface area contributed by atoms with Gasteiger partial charge in [-0.25, -0.2) is 10.3 Å². The highest BCUT2D eigenvalue weighted by Gasteiger charge is 2.15. The van der Waals surface area contributed by atoms with Crippen LogP contribution in [0.2, 0.25) is 5.02 Å². The van der Waals surface area contributed by atoms with Crippen molar-refractivity contribution in [3.05, 3.63) is 28.0 Å². The van der Waals surface area contributed by atoms with E-state index in [1.807, 2.05) is 0 Å². The molecule has 0 fully saturated rings. The molecule has 14 heavy (non-hydrogen) atoms. The third kappa shape index (κ3) is 1.97. The van der Waals surface area contributed by atoms with Crippen LogP contribution in [0.4, 0.5) is 4.39 Å². The van der Waals surface area contributed by atoms with E-state index < -0.39 is 5.82 Å². The monoisotopic (exact) mass is 219 g/mol. The highest BCUT2D eigenvalue weighted by molar-refractivity contribution is 6.32. The first-order valence-corrected chi connectivity index (χ1v) is 4.32. The maximum absolute atomic E-state index is 13.6. The summed E-state index contributed by atoms with van der Waals surface area (Å²) in [6.45, 7) is 1.74. The number of halogens is 2. The van der Waals surface area contributed by atoms with Crippen LogP contribution in [0.25, 0.3) is 0 Å². The molecule has 0 bridgehead atoms. The van der Waals surface area contributed by atoms with Crippen molar-refractivity contribution in [2.45, 2.75) is 13.5 Å². The Labute approximate surface area is 86.5 Å². The molecule has 0 aliphatic heterocycles. The Hall–Kier alpha value is -0.840. The van der Waals surface area contributed by atoms with Crippen LogP contribution < -0.4 is 10.6 Å². The fraction of sp³-hybridized carbons (Fsp3) is 0.333. The predicted octanol–water partition coefficient (Wildman–Crippen LogP) is 2.19. The number of rotatable bonds is 3. The van der Waals surface area contributed by atoms with Gasteiger partial charge in [0.25, 0.3) is 0 Å². The van der Waals surface area contributed by atoms with Gasteiger partial charge < -0.3 is 4.74 Å². The molecule has 0 radical (unpaired) electrons. The van der Waals surface area contributed by atoms with Crippen LogP contribution in [0, 0.1) is 12.7 Å². The van der Waals surface area contributed by atoms with Crippen molar-refractivity contribution in [1.29, 1.82) is 0 Å². The largest absolute Gasteiger partial charge is 0.492 e. The zero-order valence-corrected chi connectivity index (χ0v) is 8.69. The van der Waals surface area contributed by atoms with Crippen molar-refractivity contribution < 1.29 is 14.0 Å². The number of hydrogen-bond donors (Lipinski definition) is 1. The molecule has 0 aliphatic carbocycles. The van der Waals surface area contributed by atoms with Crippen molar-refractivity contribution in [2.75, 3.05) is 7.11 Å². The third-order valence-electron chi connectivity index (χ3n) is 1.86. The first-order valence-electron chi connectivity index (χ1n) is 3.95. The Morgan fingerprint density at radius 3 is 2.71 bits per heavy atom. The first kappa shape index (κ1) is 11.2. The second-order valence-corrected chi connectivity index (χ2v) is 3.20. The molecule has 0 heterocycles. The average Bonchev–Trinajstić information content (AvgIpc) is 2.16. The van der Waals surface area contributed by atoms with Crippen LogP contribution >= 0.6 is 11.6 Å². The quantitative estimate of drug-likeness (QED) is 0.793. The smallest absolute Gasteiger partial charge is 0.173 e. The minimum atomic E-state index is -0.534. The molecule has 1 aromatic rings.